The Kier molecular flexibility index (Phi) is 3.82. The van der Waals surface area contributed by atoms with Crippen molar-refractivity contribution in [2.75, 3.05) is 0 Å². The van der Waals surface area contributed by atoms with Crippen molar-refractivity contribution in [1.82, 2.24) is 4.90 Å². The molecule has 1 heterocycles. The smallest absolute Gasteiger partial charge is 0.0244 e. The first-order valence-corrected chi connectivity index (χ1v) is 7.27. The zero-order chi connectivity index (χ0) is 13.3. The van der Waals surface area contributed by atoms with Gasteiger partial charge in [0.1, 0.15) is 0 Å². The second-order valence-electron chi connectivity index (χ2n) is 6.40. The zero-order valence-electron chi connectivity index (χ0n) is 12.6. The summed E-state index contributed by atoms with van der Waals surface area (Å²) in [7, 11) is 0. The predicted molar refractivity (Wildman–Crippen MR) is 78.9 cm³/mol. The van der Waals surface area contributed by atoms with Crippen LogP contribution in [0.3, 0.4) is 0 Å². The van der Waals surface area contributed by atoms with Crippen molar-refractivity contribution < 1.29 is 0 Å². The molecule has 1 nitrogen and oxygen atoms in total. The average Bonchev–Trinajstić information content (AvgIpc) is 2.61. The monoisotopic (exact) mass is 245 g/mol. The summed E-state index contributed by atoms with van der Waals surface area (Å²) in [6.45, 7) is 12.7. The van der Waals surface area contributed by atoms with E-state index in [4.69, 9.17) is 0 Å². The lowest BCUT2D eigenvalue weighted by Crippen LogP contribution is -2.42. The van der Waals surface area contributed by atoms with E-state index in [2.05, 4.69) is 57.7 Å². The summed E-state index contributed by atoms with van der Waals surface area (Å²) in [4.78, 5) is 2.72. The van der Waals surface area contributed by atoms with Crippen LogP contribution < -0.4 is 0 Å². The summed E-state index contributed by atoms with van der Waals surface area (Å²) in [5, 5.41) is 0. The Hall–Kier alpha value is -0.820. The third-order valence-electron chi connectivity index (χ3n) is 4.84. The van der Waals surface area contributed by atoms with Crippen LogP contribution >= 0.6 is 0 Å². The maximum Gasteiger partial charge on any atom is 0.0244 e. The van der Waals surface area contributed by atoms with E-state index in [0.29, 0.717) is 5.54 Å². The fourth-order valence-electron chi connectivity index (χ4n) is 3.25. The zero-order valence-corrected chi connectivity index (χ0v) is 12.6. The quantitative estimate of drug-likeness (QED) is 0.760. The second kappa shape index (κ2) is 5.05. The fraction of sp³-hybridized carbons (Fsp3) is 0.647. The Morgan fingerprint density at radius 2 is 2.00 bits per heavy atom. The molecule has 0 amide bonds. The number of likely N-dealkylation sites (tertiary alicyclic amines) is 1. The molecule has 0 spiro atoms. The number of aryl methyl sites for hydroxylation is 1. The van der Waals surface area contributed by atoms with Crippen molar-refractivity contribution in [1.29, 1.82) is 0 Å². The molecular weight excluding hydrogens is 218 g/mol. The highest BCUT2D eigenvalue weighted by atomic mass is 15.2. The van der Waals surface area contributed by atoms with Crippen LogP contribution in [0.2, 0.25) is 0 Å². The second-order valence-corrected chi connectivity index (χ2v) is 6.40. The van der Waals surface area contributed by atoms with Crippen LogP contribution in [0.1, 0.15) is 56.7 Å². The van der Waals surface area contributed by atoms with Gasteiger partial charge in [0.2, 0.25) is 0 Å². The lowest BCUT2D eigenvalue weighted by molar-refractivity contribution is 0.117. The van der Waals surface area contributed by atoms with Crippen LogP contribution in [0.5, 0.6) is 0 Å². The van der Waals surface area contributed by atoms with Crippen molar-refractivity contribution in [3.05, 3.63) is 34.9 Å². The molecule has 1 unspecified atom stereocenters. The first-order valence-electron chi connectivity index (χ1n) is 7.27. The predicted octanol–water partition coefficient (Wildman–Crippen LogP) is 4.46. The Morgan fingerprint density at radius 3 is 2.67 bits per heavy atom. The Morgan fingerprint density at radius 1 is 1.28 bits per heavy atom. The first-order chi connectivity index (χ1) is 8.45. The van der Waals surface area contributed by atoms with Gasteiger partial charge in [0.15, 0.2) is 0 Å². The fourth-order valence-corrected chi connectivity index (χ4v) is 3.25. The number of hydrogen-bond acceptors (Lipinski definition) is 1. The van der Waals surface area contributed by atoms with Gasteiger partial charge >= 0.3 is 0 Å². The van der Waals surface area contributed by atoms with Crippen molar-refractivity contribution in [3.8, 4) is 0 Å². The number of rotatable bonds is 3. The molecule has 1 saturated heterocycles. The minimum absolute atomic E-state index is 0.358. The van der Waals surface area contributed by atoms with Crippen molar-refractivity contribution >= 4 is 0 Å². The maximum atomic E-state index is 2.72. The van der Waals surface area contributed by atoms with Gasteiger partial charge in [-0.25, -0.2) is 0 Å². The Labute approximate surface area is 112 Å². The normalized spacial score (nSPS) is 23.5. The van der Waals surface area contributed by atoms with Gasteiger partial charge in [-0.05, 0) is 63.6 Å². The summed E-state index contributed by atoms with van der Waals surface area (Å²) < 4.78 is 0. The van der Waals surface area contributed by atoms with E-state index in [1.54, 1.807) is 0 Å². The lowest BCUT2D eigenvalue weighted by Gasteiger charge is -2.36. The van der Waals surface area contributed by atoms with E-state index < -0.39 is 0 Å². The van der Waals surface area contributed by atoms with E-state index in [1.807, 2.05) is 0 Å². The van der Waals surface area contributed by atoms with Crippen LogP contribution in [0.25, 0.3) is 0 Å². The summed E-state index contributed by atoms with van der Waals surface area (Å²) in [5.74, 6) is 0. The van der Waals surface area contributed by atoms with Gasteiger partial charge in [-0.1, -0.05) is 25.1 Å². The van der Waals surface area contributed by atoms with Crippen molar-refractivity contribution in [3.63, 3.8) is 0 Å². The third kappa shape index (κ3) is 2.47. The van der Waals surface area contributed by atoms with Crippen LogP contribution in [0, 0.1) is 13.8 Å². The summed E-state index contributed by atoms with van der Waals surface area (Å²) in [5.41, 5.74) is 4.74. The molecule has 18 heavy (non-hydrogen) atoms. The van der Waals surface area contributed by atoms with Gasteiger partial charge in [0.25, 0.3) is 0 Å². The van der Waals surface area contributed by atoms with Gasteiger partial charge in [-0.2, -0.15) is 0 Å². The highest BCUT2D eigenvalue weighted by molar-refractivity contribution is 5.33. The topological polar surface area (TPSA) is 3.24 Å². The minimum atomic E-state index is 0.358. The molecule has 1 heteroatoms. The Bertz CT molecular complexity index is 420. The molecule has 1 fully saturated rings. The van der Waals surface area contributed by atoms with Crippen LogP contribution in [0.4, 0.5) is 0 Å². The summed E-state index contributed by atoms with van der Waals surface area (Å²) in [6.07, 6.45) is 3.96. The molecule has 0 saturated carbocycles. The summed E-state index contributed by atoms with van der Waals surface area (Å²) >= 11 is 0. The molecule has 1 aliphatic rings. The van der Waals surface area contributed by atoms with Crippen LogP contribution in [-0.2, 0) is 6.54 Å². The van der Waals surface area contributed by atoms with E-state index in [9.17, 15) is 0 Å². The third-order valence-corrected chi connectivity index (χ3v) is 4.84. The molecule has 0 N–H and O–H groups in total. The molecule has 1 atom stereocenters. The molecule has 0 bridgehead atoms. The largest absolute Gasteiger partial charge is 0.291 e. The number of benzene rings is 1. The van der Waals surface area contributed by atoms with Crippen molar-refractivity contribution in [2.45, 2.75) is 72.0 Å². The number of hydrogen-bond donors (Lipinski definition) is 0. The minimum Gasteiger partial charge on any atom is -0.291 e. The lowest BCUT2D eigenvalue weighted by atomic mass is 9.99. The molecule has 0 aromatic heterocycles. The maximum absolute atomic E-state index is 2.72. The molecule has 0 aliphatic carbocycles. The van der Waals surface area contributed by atoms with E-state index >= 15 is 0 Å². The van der Waals surface area contributed by atoms with Gasteiger partial charge in [0.05, 0.1) is 0 Å². The van der Waals surface area contributed by atoms with E-state index in [-0.39, 0.29) is 0 Å². The highest BCUT2D eigenvalue weighted by Gasteiger charge is 2.38. The molecule has 1 aromatic carbocycles. The Balaban J connectivity index is 2.24. The molecule has 1 aromatic rings. The molecule has 1 aliphatic heterocycles. The van der Waals surface area contributed by atoms with E-state index in [0.717, 1.165) is 12.6 Å². The average molecular weight is 245 g/mol. The highest BCUT2D eigenvalue weighted by Crippen LogP contribution is 2.36. The molecule has 2 rings (SSSR count). The SMILES string of the molecule is CCC1CCC(C)(C)N1Cc1cccc(C)c1C. The number of nitrogens with zero attached hydrogens (tertiary/aromatic N) is 1. The standard InChI is InChI=1S/C17H27N/c1-6-16-10-11-17(4,5)18(16)12-15-9-7-8-13(2)14(15)3/h7-9,16H,6,10-12H2,1-5H3. The van der Waals surface area contributed by atoms with Crippen LogP contribution in [-0.4, -0.2) is 16.5 Å². The first kappa shape index (κ1) is 13.6. The summed E-state index contributed by atoms with van der Waals surface area (Å²) in [6, 6.07) is 7.47. The van der Waals surface area contributed by atoms with Crippen LogP contribution in [0.15, 0.2) is 18.2 Å². The van der Waals surface area contributed by atoms with Crippen molar-refractivity contribution in [2.24, 2.45) is 0 Å². The van der Waals surface area contributed by atoms with Gasteiger partial charge < -0.3 is 0 Å². The molecule has 100 valence electrons. The van der Waals surface area contributed by atoms with Gasteiger partial charge in [-0.3, -0.25) is 4.90 Å². The van der Waals surface area contributed by atoms with Gasteiger partial charge in [0, 0.05) is 18.1 Å². The van der Waals surface area contributed by atoms with E-state index in [1.165, 1.54) is 36.0 Å². The molecular formula is C17H27N. The van der Waals surface area contributed by atoms with Gasteiger partial charge in [-0.15, -0.1) is 0 Å². The molecule has 0 radical (unpaired) electrons.